The summed E-state index contributed by atoms with van der Waals surface area (Å²) in [6.45, 7) is 11.5. The summed E-state index contributed by atoms with van der Waals surface area (Å²) in [5.41, 5.74) is 0. The molecule has 0 saturated carbocycles. The largest absolute Gasteiger partial charge is 0.316 e. The highest BCUT2D eigenvalue weighted by molar-refractivity contribution is 8.00. The van der Waals surface area contributed by atoms with Gasteiger partial charge < -0.3 is 5.32 Å². The smallest absolute Gasteiger partial charge is 0.0155 e. The molecule has 0 aliphatic carbocycles. The molecule has 1 unspecified atom stereocenters. The molecule has 0 fully saturated rings. The van der Waals surface area contributed by atoms with Crippen LogP contribution in [0.1, 0.15) is 53.9 Å². The SMILES string of the molecule is CNC(CCCC(C)C)CSC(C)(C)C. The van der Waals surface area contributed by atoms with E-state index >= 15 is 0 Å². The normalized spacial score (nSPS) is 14.6. The van der Waals surface area contributed by atoms with Gasteiger partial charge >= 0.3 is 0 Å². The summed E-state index contributed by atoms with van der Waals surface area (Å²) in [6, 6.07) is 0.688. The molecule has 0 aromatic rings. The summed E-state index contributed by atoms with van der Waals surface area (Å²) in [5.74, 6) is 2.08. The quantitative estimate of drug-likeness (QED) is 0.712. The molecule has 0 aromatic heterocycles. The van der Waals surface area contributed by atoms with Gasteiger partial charge in [-0.1, -0.05) is 47.5 Å². The van der Waals surface area contributed by atoms with Crippen LogP contribution in [0.15, 0.2) is 0 Å². The lowest BCUT2D eigenvalue weighted by Gasteiger charge is -2.22. The Balaban J connectivity index is 3.64. The lowest BCUT2D eigenvalue weighted by molar-refractivity contribution is 0.482. The standard InChI is InChI=1S/C13H29NS/c1-11(2)8-7-9-12(14-6)10-15-13(3,4)5/h11-12,14H,7-10H2,1-6H3. The molecular formula is C13H29NS. The van der Waals surface area contributed by atoms with Crippen molar-refractivity contribution in [2.45, 2.75) is 64.7 Å². The van der Waals surface area contributed by atoms with Gasteiger partial charge in [0, 0.05) is 16.5 Å². The second-order valence-corrected chi connectivity index (χ2v) is 7.58. The minimum Gasteiger partial charge on any atom is -0.316 e. The van der Waals surface area contributed by atoms with Gasteiger partial charge in [0.25, 0.3) is 0 Å². The van der Waals surface area contributed by atoms with Crippen molar-refractivity contribution in [2.75, 3.05) is 12.8 Å². The molecule has 15 heavy (non-hydrogen) atoms. The van der Waals surface area contributed by atoms with E-state index in [1.165, 1.54) is 25.0 Å². The maximum absolute atomic E-state index is 3.43. The zero-order chi connectivity index (χ0) is 11.9. The Kier molecular flexibility index (Phi) is 7.72. The van der Waals surface area contributed by atoms with Crippen molar-refractivity contribution in [1.29, 1.82) is 0 Å². The number of hydrogen-bond acceptors (Lipinski definition) is 2. The highest BCUT2D eigenvalue weighted by Gasteiger charge is 2.14. The van der Waals surface area contributed by atoms with E-state index in [1.807, 2.05) is 0 Å². The highest BCUT2D eigenvalue weighted by atomic mass is 32.2. The third-order valence-electron chi connectivity index (χ3n) is 2.46. The van der Waals surface area contributed by atoms with E-state index in [1.54, 1.807) is 0 Å². The Labute approximate surface area is 101 Å². The molecule has 0 aromatic carbocycles. The third kappa shape index (κ3) is 10.6. The molecule has 92 valence electrons. The van der Waals surface area contributed by atoms with Gasteiger partial charge in [0.1, 0.15) is 0 Å². The average Bonchev–Trinajstić information content (AvgIpc) is 2.08. The summed E-state index contributed by atoms with van der Waals surface area (Å²) in [6.07, 6.45) is 4.03. The van der Waals surface area contributed by atoms with Crippen LogP contribution >= 0.6 is 11.8 Å². The van der Waals surface area contributed by atoms with Crippen LogP contribution in [-0.2, 0) is 0 Å². The fraction of sp³-hybridized carbons (Fsp3) is 1.00. The molecule has 0 radical (unpaired) electrons. The van der Waals surface area contributed by atoms with Crippen LogP contribution in [-0.4, -0.2) is 23.6 Å². The topological polar surface area (TPSA) is 12.0 Å². The Morgan fingerprint density at radius 3 is 2.13 bits per heavy atom. The number of nitrogens with one attached hydrogen (secondary N) is 1. The first-order chi connectivity index (χ1) is 6.85. The van der Waals surface area contributed by atoms with Gasteiger partial charge in [-0.25, -0.2) is 0 Å². The first-order valence-corrected chi connectivity index (χ1v) is 7.15. The lowest BCUT2D eigenvalue weighted by Crippen LogP contribution is -2.29. The highest BCUT2D eigenvalue weighted by Crippen LogP contribution is 2.24. The first-order valence-electron chi connectivity index (χ1n) is 6.16. The van der Waals surface area contributed by atoms with Crippen molar-refractivity contribution in [2.24, 2.45) is 5.92 Å². The molecule has 1 nitrogen and oxygen atoms in total. The molecule has 2 heteroatoms. The minimum absolute atomic E-state index is 0.396. The molecule has 0 rings (SSSR count). The van der Waals surface area contributed by atoms with Gasteiger partial charge in [0.05, 0.1) is 0 Å². The summed E-state index contributed by atoms with van der Waals surface area (Å²) in [5, 5.41) is 3.43. The number of thioether (sulfide) groups is 1. The van der Waals surface area contributed by atoms with E-state index in [-0.39, 0.29) is 0 Å². The zero-order valence-corrected chi connectivity index (χ0v) is 12.2. The Morgan fingerprint density at radius 2 is 1.73 bits per heavy atom. The van der Waals surface area contributed by atoms with Gasteiger partial charge in [-0.15, -0.1) is 0 Å². The predicted molar refractivity (Wildman–Crippen MR) is 73.7 cm³/mol. The molecule has 0 aliphatic heterocycles. The van der Waals surface area contributed by atoms with Gasteiger partial charge in [0.2, 0.25) is 0 Å². The van der Waals surface area contributed by atoms with Crippen molar-refractivity contribution in [3.05, 3.63) is 0 Å². The van der Waals surface area contributed by atoms with E-state index in [9.17, 15) is 0 Å². The fourth-order valence-electron chi connectivity index (χ4n) is 1.43. The minimum atomic E-state index is 0.396. The maximum Gasteiger partial charge on any atom is 0.0155 e. The van der Waals surface area contributed by atoms with Crippen LogP contribution in [0.5, 0.6) is 0 Å². The summed E-state index contributed by atoms with van der Waals surface area (Å²) in [7, 11) is 2.09. The Hall–Kier alpha value is 0.310. The van der Waals surface area contributed by atoms with E-state index in [0.717, 1.165) is 5.92 Å². The fourth-order valence-corrected chi connectivity index (χ4v) is 2.47. The van der Waals surface area contributed by atoms with Gasteiger partial charge in [-0.3, -0.25) is 0 Å². The maximum atomic E-state index is 3.43. The van der Waals surface area contributed by atoms with Crippen molar-refractivity contribution in [3.8, 4) is 0 Å². The van der Waals surface area contributed by atoms with Crippen LogP contribution in [0.3, 0.4) is 0 Å². The van der Waals surface area contributed by atoms with Crippen LogP contribution in [0, 0.1) is 5.92 Å². The molecule has 0 saturated heterocycles. The lowest BCUT2D eigenvalue weighted by atomic mass is 10.0. The van der Waals surface area contributed by atoms with Crippen LogP contribution in [0.2, 0.25) is 0 Å². The van der Waals surface area contributed by atoms with Crippen molar-refractivity contribution in [3.63, 3.8) is 0 Å². The summed E-state index contributed by atoms with van der Waals surface area (Å²) in [4.78, 5) is 0. The van der Waals surface area contributed by atoms with Crippen molar-refractivity contribution >= 4 is 11.8 Å². The monoisotopic (exact) mass is 231 g/mol. The zero-order valence-electron chi connectivity index (χ0n) is 11.4. The predicted octanol–water partition coefficient (Wildman–Crippen LogP) is 3.93. The number of rotatable bonds is 7. The van der Waals surface area contributed by atoms with E-state index in [0.29, 0.717) is 10.8 Å². The molecular weight excluding hydrogens is 202 g/mol. The van der Waals surface area contributed by atoms with Crippen molar-refractivity contribution in [1.82, 2.24) is 5.32 Å². The Morgan fingerprint density at radius 1 is 1.13 bits per heavy atom. The molecule has 1 N–H and O–H groups in total. The van der Waals surface area contributed by atoms with Gasteiger partial charge in [-0.2, -0.15) is 11.8 Å². The summed E-state index contributed by atoms with van der Waals surface area (Å²) < 4.78 is 0.396. The second kappa shape index (κ2) is 7.56. The molecule has 0 amide bonds. The molecule has 0 bridgehead atoms. The van der Waals surface area contributed by atoms with Crippen LogP contribution in [0.25, 0.3) is 0 Å². The first kappa shape index (κ1) is 15.3. The average molecular weight is 231 g/mol. The van der Waals surface area contributed by atoms with E-state index in [2.05, 4.69) is 58.7 Å². The van der Waals surface area contributed by atoms with Gasteiger partial charge in [-0.05, 0) is 19.4 Å². The molecule has 0 heterocycles. The number of hydrogen-bond donors (Lipinski definition) is 1. The van der Waals surface area contributed by atoms with Crippen LogP contribution in [0.4, 0.5) is 0 Å². The third-order valence-corrected chi connectivity index (χ3v) is 3.89. The van der Waals surface area contributed by atoms with Crippen LogP contribution < -0.4 is 5.32 Å². The molecule has 1 atom stereocenters. The second-order valence-electron chi connectivity index (χ2n) is 5.73. The van der Waals surface area contributed by atoms with Crippen molar-refractivity contribution < 1.29 is 0 Å². The molecule has 0 aliphatic rings. The van der Waals surface area contributed by atoms with E-state index in [4.69, 9.17) is 0 Å². The van der Waals surface area contributed by atoms with E-state index < -0.39 is 0 Å². The van der Waals surface area contributed by atoms with Gasteiger partial charge in [0.15, 0.2) is 0 Å². The molecule has 0 spiro atoms. The summed E-state index contributed by atoms with van der Waals surface area (Å²) >= 11 is 2.06. The Bertz CT molecular complexity index is 149.